The lowest BCUT2D eigenvalue weighted by molar-refractivity contribution is 0.470. The fourth-order valence-corrected chi connectivity index (χ4v) is 2.79. The van der Waals surface area contributed by atoms with Gasteiger partial charge in [0.15, 0.2) is 0 Å². The minimum atomic E-state index is 0.168. The van der Waals surface area contributed by atoms with Crippen molar-refractivity contribution in [1.29, 1.82) is 0 Å². The number of aryl methyl sites for hydroxylation is 1. The van der Waals surface area contributed by atoms with Crippen molar-refractivity contribution < 1.29 is 0 Å². The van der Waals surface area contributed by atoms with Crippen molar-refractivity contribution in [2.75, 3.05) is 0 Å². The van der Waals surface area contributed by atoms with Crippen LogP contribution in [0.25, 0.3) is 0 Å². The van der Waals surface area contributed by atoms with E-state index in [9.17, 15) is 4.79 Å². The van der Waals surface area contributed by atoms with Crippen LogP contribution in [-0.2, 0) is 0 Å². The molecule has 0 amide bonds. The molecule has 2 fully saturated rings. The van der Waals surface area contributed by atoms with Gasteiger partial charge in [0.25, 0.3) is 5.56 Å². The molecule has 3 heteroatoms. The molecule has 0 aromatic carbocycles. The van der Waals surface area contributed by atoms with Gasteiger partial charge in [-0.15, -0.1) is 0 Å². The number of hydrogen-bond donors (Lipinski definition) is 0. The summed E-state index contributed by atoms with van der Waals surface area (Å²) >= 11 is 0. The zero-order chi connectivity index (χ0) is 11.1. The summed E-state index contributed by atoms with van der Waals surface area (Å²) in [5.41, 5.74) is 1.04. The molecule has 3 nitrogen and oxygen atoms in total. The summed E-state index contributed by atoms with van der Waals surface area (Å²) in [5, 5.41) is 0. The molecule has 0 unspecified atom stereocenters. The Bertz CT molecular complexity index is 453. The van der Waals surface area contributed by atoms with E-state index in [-0.39, 0.29) is 5.56 Å². The third-order valence-electron chi connectivity index (χ3n) is 3.74. The Balaban J connectivity index is 2.09. The minimum Gasteiger partial charge on any atom is -0.293 e. The van der Waals surface area contributed by atoms with Crippen LogP contribution in [0.2, 0.25) is 0 Å². The largest absolute Gasteiger partial charge is 0.293 e. The summed E-state index contributed by atoms with van der Waals surface area (Å²) in [4.78, 5) is 16.7. The van der Waals surface area contributed by atoms with Gasteiger partial charge in [-0.3, -0.25) is 9.36 Å². The number of rotatable bonds is 2. The van der Waals surface area contributed by atoms with E-state index in [2.05, 4.69) is 4.98 Å². The Morgan fingerprint density at radius 2 is 1.94 bits per heavy atom. The van der Waals surface area contributed by atoms with Gasteiger partial charge in [-0.1, -0.05) is 12.8 Å². The second-order valence-corrected chi connectivity index (χ2v) is 5.18. The molecule has 1 aromatic rings. The van der Waals surface area contributed by atoms with E-state index in [4.69, 9.17) is 0 Å². The SMILES string of the molecule is Cc1cc(=O)n(C2CCCC2)c(C2CC2)n1. The van der Waals surface area contributed by atoms with E-state index < -0.39 is 0 Å². The average Bonchev–Trinajstić information content (AvgIpc) is 2.95. The summed E-state index contributed by atoms with van der Waals surface area (Å²) in [7, 11) is 0. The molecule has 86 valence electrons. The van der Waals surface area contributed by atoms with E-state index in [1.165, 1.54) is 25.7 Å². The average molecular weight is 218 g/mol. The molecule has 0 radical (unpaired) electrons. The van der Waals surface area contributed by atoms with Crippen LogP contribution in [-0.4, -0.2) is 9.55 Å². The topological polar surface area (TPSA) is 34.9 Å². The highest BCUT2D eigenvalue weighted by Gasteiger charge is 2.31. The molecule has 16 heavy (non-hydrogen) atoms. The molecule has 2 aliphatic rings. The Hall–Kier alpha value is -1.12. The van der Waals surface area contributed by atoms with Gasteiger partial charge in [0.1, 0.15) is 5.82 Å². The fourth-order valence-electron chi connectivity index (χ4n) is 2.79. The lowest BCUT2D eigenvalue weighted by atomic mass is 10.2. The van der Waals surface area contributed by atoms with Crippen LogP contribution in [0.1, 0.15) is 62.0 Å². The van der Waals surface area contributed by atoms with E-state index >= 15 is 0 Å². The maximum Gasteiger partial charge on any atom is 0.253 e. The van der Waals surface area contributed by atoms with Crippen molar-refractivity contribution in [2.45, 2.75) is 57.4 Å². The molecule has 0 spiro atoms. The molecule has 1 aromatic heterocycles. The van der Waals surface area contributed by atoms with Gasteiger partial charge >= 0.3 is 0 Å². The van der Waals surface area contributed by atoms with Gasteiger partial charge in [-0.25, -0.2) is 4.98 Å². The molecular formula is C13H18N2O. The Labute approximate surface area is 95.5 Å². The first-order chi connectivity index (χ1) is 7.75. The highest BCUT2D eigenvalue weighted by atomic mass is 16.1. The van der Waals surface area contributed by atoms with Gasteiger partial charge in [-0.05, 0) is 32.6 Å². The molecule has 0 aliphatic heterocycles. The first-order valence-electron chi connectivity index (χ1n) is 6.36. The van der Waals surface area contributed by atoms with Gasteiger partial charge < -0.3 is 0 Å². The highest BCUT2D eigenvalue weighted by Crippen LogP contribution is 2.41. The highest BCUT2D eigenvalue weighted by molar-refractivity contribution is 5.12. The molecule has 0 atom stereocenters. The zero-order valence-electron chi connectivity index (χ0n) is 9.78. The number of nitrogens with zero attached hydrogens (tertiary/aromatic N) is 2. The molecule has 1 heterocycles. The monoisotopic (exact) mass is 218 g/mol. The Kier molecular flexibility index (Phi) is 2.34. The first-order valence-corrected chi connectivity index (χ1v) is 6.36. The van der Waals surface area contributed by atoms with Crippen LogP contribution in [0.3, 0.4) is 0 Å². The van der Waals surface area contributed by atoms with Gasteiger partial charge in [0.05, 0.1) is 0 Å². The summed E-state index contributed by atoms with van der Waals surface area (Å²) in [5.74, 6) is 1.63. The maximum atomic E-state index is 12.1. The van der Waals surface area contributed by atoms with Gasteiger partial charge in [0.2, 0.25) is 0 Å². The van der Waals surface area contributed by atoms with Crippen molar-refractivity contribution in [3.05, 3.63) is 27.9 Å². The lowest BCUT2D eigenvalue weighted by Gasteiger charge is -2.18. The van der Waals surface area contributed by atoms with Crippen molar-refractivity contribution in [2.24, 2.45) is 0 Å². The van der Waals surface area contributed by atoms with Gasteiger partial charge in [-0.2, -0.15) is 0 Å². The summed E-state index contributed by atoms with van der Waals surface area (Å²) in [6.07, 6.45) is 7.25. The van der Waals surface area contributed by atoms with E-state index in [0.29, 0.717) is 12.0 Å². The van der Waals surface area contributed by atoms with Crippen molar-refractivity contribution >= 4 is 0 Å². The smallest absolute Gasteiger partial charge is 0.253 e. The van der Waals surface area contributed by atoms with Crippen LogP contribution < -0.4 is 5.56 Å². The predicted molar refractivity (Wildman–Crippen MR) is 62.7 cm³/mol. The molecule has 0 saturated heterocycles. The van der Waals surface area contributed by atoms with E-state index in [1.54, 1.807) is 6.07 Å². The van der Waals surface area contributed by atoms with Crippen molar-refractivity contribution in [3.63, 3.8) is 0 Å². The summed E-state index contributed by atoms with van der Waals surface area (Å²) in [6.45, 7) is 1.92. The fraction of sp³-hybridized carbons (Fsp3) is 0.692. The molecule has 0 bridgehead atoms. The standard InChI is InChI=1S/C13H18N2O/c1-9-8-12(16)15(11-4-2-3-5-11)13(14-9)10-6-7-10/h8,10-11H,2-7H2,1H3. The molecule has 0 N–H and O–H groups in total. The molecular weight excluding hydrogens is 200 g/mol. The molecule has 2 saturated carbocycles. The molecule has 3 rings (SSSR count). The number of aromatic nitrogens is 2. The summed E-state index contributed by atoms with van der Waals surface area (Å²) < 4.78 is 2.00. The first kappa shape index (κ1) is 10.1. The van der Waals surface area contributed by atoms with E-state index in [0.717, 1.165) is 24.4 Å². The Morgan fingerprint density at radius 3 is 2.56 bits per heavy atom. The van der Waals surface area contributed by atoms with Crippen LogP contribution >= 0.6 is 0 Å². The van der Waals surface area contributed by atoms with Crippen LogP contribution in [0.15, 0.2) is 10.9 Å². The predicted octanol–water partition coefficient (Wildman–Crippen LogP) is 2.54. The van der Waals surface area contributed by atoms with Crippen LogP contribution in [0.5, 0.6) is 0 Å². The third kappa shape index (κ3) is 1.68. The van der Waals surface area contributed by atoms with Crippen LogP contribution in [0.4, 0.5) is 0 Å². The van der Waals surface area contributed by atoms with Crippen molar-refractivity contribution in [3.8, 4) is 0 Å². The quantitative estimate of drug-likeness (QED) is 0.764. The normalized spacial score (nSPS) is 21.6. The molecule has 2 aliphatic carbocycles. The number of hydrogen-bond acceptors (Lipinski definition) is 2. The maximum absolute atomic E-state index is 12.1. The van der Waals surface area contributed by atoms with Gasteiger partial charge in [0, 0.05) is 23.7 Å². The van der Waals surface area contributed by atoms with E-state index in [1.807, 2.05) is 11.5 Å². The summed E-state index contributed by atoms with van der Waals surface area (Å²) in [6, 6.07) is 2.11. The van der Waals surface area contributed by atoms with Crippen LogP contribution in [0, 0.1) is 6.92 Å². The Morgan fingerprint density at radius 1 is 1.25 bits per heavy atom. The second kappa shape index (κ2) is 3.72. The minimum absolute atomic E-state index is 0.168. The second-order valence-electron chi connectivity index (χ2n) is 5.18. The van der Waals surface area contributed by atoms with Crippen molar-refractivity contribution in [1.82, 2.24) is 9.55 Å². The lowest BCUT2D eigenvalue weighted by Crippen LogP contribution is -2.27. The zero-order valence-corrected chi connectivity index (χ0v) is 9.78. The third-order valence-corrected chi connectivity index (χ3v) is 3.74.